The SMILES string of the molecule is C[C@@H](CCc1ccccc1NC(=O)c1cccn1C)N(C)C(=O)c1cnnc2ccccc12. The number of hydrogen-bond donors (Lipinski definition) is 1. The number of aromatic nitrogens is 3. The normalized spacial score (nSPS) is 11.8. The van der Waals surface area contributed by atoms with Crippen molar-refractivity contribution in [3.8, 4) is 0 Å². The largest absolute Gasteiger partial charge is 0.347 e. The van der Waals surface area contributed by atoms with Crippen molar-refractivity contribution in [1.29, 1.82) is 0 Å². The van der Waals surface area contributed by atoms with Crippen LogP contribution in [0.2, 0.25) is 0 Å². The Kier molecular flexibility index (Phi) is 6.49. The maximum atomic E-state index is 13.2. The molecular formula is C26H27N5O2. The van der Waals surface area contributed by atoms with E-state index in [0.717, 1.165) is 29.5 Å². The number of anilines is 1. The molecule has 4 aromatic rings. The number of carbonyl (C=O) groups is 2. The number of amides is 2. The highest BCUT2D eigenvalue weighted by Crippen LogP contribution is 2.21. The van der Waals surface area contributed by atoms with Crippen LogP contribution in [0, 0.1) is 0 Å². The summed E-state index contributed by atoms with van der Waals surface area (Å²) in [6.07, 6.45) is 4.84. The van der Waals surface area contributed by atoms with Crippen LogP contribution in [0.15, 0.2) is 73.1 Å². The van der Waals surface area contributed by atoms with Gasteiger partial charge in [0.15, 0.2) is 0 Å². The second-order valence-electron chi connectivity index (χ2n) is 8.19. The van der Waals surface area contributed by atoms with Crippen LogP contribution in [-0.4, -0.2) is 44.6 Å². The summed E-state index contributed by atoms with van der Waals surface area (Å²) in [6, 6.07) is 18.9. The fraction of sp³-hybridized carbons (Fsp3) is 0.231. The summed E-state index contributed by atoms with van der Waals surface area (Å²) < 4.78 is 1.79. The van der Waals surface area contributed by atoms with E-state index in [2.05, 4.69) is 15.5 Å². The number of carbonyl (C=O) groups excluding carboxylic acids is 2. The average Bonchev–Trinajstić information content (AvgIpc) is 3.28. The quantitative estimate of drug-likeness (QED) is 0.463. The lowest BCUT2D eigenvalue weighted by molar-refractivity contribution is 0.0738. The van der Waals surface area contributed by atoms with Crippen molar-refractivity contribution < 1.29 is 9.59 Å². The minimum absolute atomic E-state index is 0.0129. The van der Waals surface area contributed by atoms with Crippen LogP contribution in [0.4, 0.5) is 5.69 Å². The highest BCUT2D eigenvalue weighted by molar-refractivity contribution is 6.05. The number of nitrogens with one attached hydrogen (secondary N) is 1. The molecule has 0 spiro atoms. The fourth-order valence-corrected chi connectivity index (χ4v) is 3.87. The molecule has 7 nitrogen and oxygen atoms in total. The van der Waals surface area contributed by atoms with E-state index < -0.39 is 0 Å². The molecule has 0 saturated carbocycles. The second kappa shape index (κ2) is 9.65. The van der Waals surface area contributed by atoms with Crippen LogP contribution in [0.1, 0.15) is 39.8 Å². The predicted octanol–water partition coefficient (Wildman–Crippen LogP) is 4.31. The first-order chi connectivity index (χ1) is 16.0. The third kappa shape index (κ3) is 4.77. The molecule has 1 N–H and O–H groups in total. The number of nitrogens with zero attached hydrogens (tertiary/aromatic N) is 4. The summed E-state index contributed by atoms with van der Waals surface area (Å²) in [5.74, 6) is -0.230. The van der Waals surface area contributed by atoms with E-state index >= 15 is 0 Å². The number of hydrogen-bond acceptors (Lipinski definition) is 4. The van der Waals surface area contributed by atoms with E-state index in [-0.39, 0.29) is 17.9 Å². The molecule has 7 heteroatoms. The van der Waals surface area contributed by atoms with Gasteiger partial charge in [-0.2, -0.15) is 10.2 Å². The molecule has 0 aliphatic heterocycles. The molecule has 0 aliphatic carbocycles. The monoisotopic (exact) mass is 441 g/mol. The zero-order valence-electron chi connectivity index (χ0n) is 19.0. The molecule has 1 atom stereocenters. The van der Waals surface area contributed by atoms with Gasteiger partial charge in [-0.05, 0) is 49.6 Å². The summed E-state index contributed by atoms with van der Waals surface area (Å²) >= 11 is 0. The van der Waals surface area contributed by atoms with Gasteiger partial charge in [-0.1, -0.05) is 36.4 Å². The molecule has 0 saturated heterocycles. The van der Waals surface area contributed by atoms with E-state index in [0.29, 0.717) is 16.8 Å². The highest BCUT2D eigenvalue weighted by Gasteiger charge is 2.21. The first kappa shape index (κ1) is 22.2. The number of benzene rings is 2. The van der Waals surface area contributed by atoms with Crippen molar-refractivity contribution in [1.82, 2.24) is 19.7 Å². The van der Waals surface area contributed by atoms with E-state index in [1.165, 1.54) is 6.20 Å². The second-order valence-corrected chi connectivity index (χ2v) is 8.19. The minimum Gasteiger partial charge on any atom is -0.347 e. The molecule has 168 valence electrons. The number of fused-ring (bicyclic) bond motifs is 1. The minimum atomic E-state index is -0.146. The van der Waals surface area contributed by atoms with Crippen molar-refractivity contribution >= 4 is 28.4 Å². The van der Waals surface area contributed by atoms with Gasteiger partial charge in [0.05, 0.1) is 17.3 Å². The van der Waals surface area contributed by atoms with Crippen molar-refractivity contribution in [2.45, 2.75) is 25.8 Å². The summed E-state index contributed by atoms with van der Waals surface area (Å²) in [6.45, 7) is 2.03. The number of aryl methyl sites for hydroxylation is 2. The number of rotatable bonds is 7. The Bertz CT molecular complexity index is 1290. The third-order valence-corrected chi connectivity index (χ3v) is 6.03. The van der Waals surface area contributed by atoms with Crippen LogP contribution >= 0.6 is 0 Å². The zero-order valence-corrected chi connectivity index (χ0v) is 19.0. The molecule has 2 aromatic heterocycles. The van der Waals surface area contributed by atoms with Crippen molar-refractivity contribution in [2.24, 2.45) is 7.05 Å². The molecule has 2 heterocycles. The summed E-state index contributed by atoms with van der Waals surface area (Å²) in [7, 11) is 3.65. The molecule has 33 heavy (non-hydrogen) atoms. The maximum Gasteiger partial charge on any atom is 0.272 e. The Morgan fingerprint density at radius 1 is 1.06 bits per heavy atom. The molecule has 0 unspecified atom stereocenters. The first-order valence-corrected chi connectivity index (χ1v) is 10.9. The molecule has 2 amide bonds. The molecular weight excluding hydrogens is 414 g/mol. The van der Waals surface area contributed by atoms with Gasteiger partial charge < -0.3 is 14.8 Å². The van der Waals surface area contributed by atoms with E-state index in [9.17, 15) is 9.59 Å². The van der Waals surface area contributed by atoms with E-state index in [1.54, 1.807) is 15.5 Å². The van der Waals surface area contributed by atoms with Crippen molar-refractivity contribution in [3.63, 3.8) is 0 Å². The molecule has 0 aliphatic rings. The fourth-order valence-electron chi connectivity index (χ4n) is 3.87. The topological polar surface area (TPSA) is 80.1 Å². The van der Waals surface area contributed by atoms with E-state index in [1.807, 2.05) is 81.8 Å². The van der Waals surface area contributed by atoms with Gasteiger partial charge in [0.25, 0.3) is 11.8 Å². The maximum absolute atomic E-state index is 13.2. The van der Waals surface area contributed by atoms with Gasteiger partial charge in [0, 0.05) is 37.4 Å². The molecule has 0 bridgehead atoms. The zero-order chi connectivity index (χ0) is 23.4. The van der Waals surface area contributed by atoms with Crippen molar-refractivity contribution in [2.75, 3.05) is 12.4 Å². The molecule has 0 fully saturated rings. The molecule has 2 aromatic carbocycles. The Hall–Kier alpha value is -4.00. The van der Waals surface area contributed by atoms with Crippen molar-refractivity contribution in [3.05, 3.63) is 89.9 Å². The van der Waals surface area contributed by atoms with Crippen LogP contribution in [0.5, 0.6) is 0 Å². The van der Waals surface area contributed by atoms with Crippen LogP contribution in [0.3, 0.4) is 0 Å². The Morgan fingerprint density at radius 2 is 1.82 bits per heavy atom. The Balaban J connectivity index is 1.44. The van der Waals surface area contributed by atoms with Gasteiger partial charge in [0.1, 0.15) is 5.69 Å². The lowest BCUT2D eigenvalue weighted by atomic mass is 10.0. The lowest BCUT2D eigenvalue weighted by Gasteiger charge is -2.25. The summed E-state index contributed by atoms with van der Waals surface area (Å²) in [5, 5.41) is 11.9. The van der Waals surface area contributed by atoms with Gasteiger partial charge in [-0.25, -0.2) is 0 Å². The Morgan fingerprint density at radius 3 is 2.61 bits per heavy atom. The van der Waals surface area contributed by atoms with E-state index in [4.69, 9.17) is 0 Å². The van der Waals surface area contributed by atoms with Crippen LogP contribution in [0.25, 0.3) is 10.9 Å². The lowest BCUT2D eigenvalue weighted by Crippen LogP contribution is -2.35. The smallest absolute Gasteiger partial charge is 0.272 e. The average molecular weight is 442 g/mol. The van der Waals surface area contributed by atoms with Crippen LogP contribution in [-0.2, 0) is 13.5 Å². The number of para-hydroxylation sites is 1. The standard InChI is InChI=1S/C26H27N5O2/c1-18(31(3)26(33)21-17-27-29-23-12-7-5-10-20(21)23)14-15-19-9-4-6-11-22(19)28-25(32)24-13-8-16-30(24)2/h4-13,16-18H,14-15H2,1-3H3,(H,28,32)/t18-/m0/s1. The Labute approximate surface area is 193 Å². The van der Waals surface area contributed by atoms with Crippen LogP contribution < -0.4 is 5.32 Å². The predicted molar refractivity (Wildman–Crippen MR) is 129 cm³/mol. The van der Waals surface area contributed by atoms with Gasteiger partial charge in [-0.3, -0.25) is 9.59 Å². The summed E-state index contributed by atoms with van der Waals surface area (Å²) in [5.41, 5.74) is 3.66. The third-order valence-electron chi connectivity index (χ3n) is 6.03. The van der Waals surface area contributed by atoms with Gasteiger partial charge >= 0.3 is 0 Å². The van der Waals surface area contributed by atoms with Gasteiger partial charge in [-0.15, -0.1) is 0 Å². The highest BCUT2D eigenvalue weighted by atomic mass is 16.2. The molecule has 4 rings (SSSR count). The first-order valence-electron chi connectivity index (χ1n) is 10.9. The molecule has 0 radical (unpaired) electrons. The summed E-state index contributed by atoms with van der Waals surface area (Å²) in [4.78, 5) is 27.6. The van der Waals surface area contributed by atoms with Gasteiger partial charge in [0.2, 0.25) is 0 Å².